The van der Waals surface area contributed by atoms with Crippen molar-refractivity contribution in [2.24, 2.45) is 0 Å². The van der Waals surface area contributed by atoms with Gasteiger partial charge in [-0.05, 0) is 19.9 Å². The van der Waals surface area contributed by atoms with Gasteiger partial charge in [-0.3, -0.25) is 0 Å². The van der Waals surface area contributed by atoms with E-state index in [-0.39, 0.29) is 0 Å². The smallest absolute Gasteiger partial charge is 0.357 e. The minimum Gasteiger partial charge on any atom is -0.464 e. The highest BCUT2D eigenvalue weighted by Crippen LogP contribution is 2.22. The molecular formula is C16H17N3O2. The molecule has 1 aromatic heterocycles. The molecule has 0 atom stereocenters. The average Bonchev–Trinajstić information content (AvgIpc) is 2.53. The number of hydrogen-bond acceptors (Lipinski definition) is 5. The topological polar surface area (TPSA) is 64.1 Å². The van der Waals surface area contributed by atoms with Gasteiger partial charge in [-0.2, -0.15) is 0 Å². The predicted octanol–water partition coefficient (Wildman–Crippen LogP) is 1.88. The lowest BCUT2D eigenvalue weighted by Gasteiger charge is -2.19. The van der Waals surface area contributed by atoms with Gasteiger partial charge in [0, 0.05) is 17.7 Å². The van der Waals surface area contributed by atoms with Gasteiger partial charge in [0.25, 0.3) is 0 Å². The first-order chi connectivity index (χ1) is 10.2. The van der Waals surface area contributed by atoms with Crippen LogP contribution in [-0.4, -0.2) is 29.6 Å². The highest BCUT2D eigenvalue weighted by molar-refractivity contribution is 5.89. The molecule has 0 fully saturated rings. The van der Waals surface area contributed by atoms with Crippen molar-refractivity contribution in [1.29, 1.82) is 0 Å². The molecule has 5 heteroatoms. The third kappa shape index (κ3) is 2.64. The van der Waals surface area contributed by atoms with E-state index >= 15 is 0 Å². The van der Waals surface area contributed by atoms with E-state index in [1.165, 1.54) is 12.7 Å². The third-order valence-corrected chi connectivity index (χ3v) is 3.63. The molecule has 1 aliphatic rings. The van der Waals surface area contributed by atoms with Gasteiger partial charge >= 0.3 is 5.97 Å². The molecule has 0 radical (unpaired) electrons. The van der Waals surface area contributed by atoms with Crippen molar-refractivity contribution in [2.75, 3.05) is 13.7 Å². The molecule has 21 heavy (non-hydrogen) atoms. The van der Waals surface area contributed by atoms with Gasteiger partial charge in [-0.15, -0.1) is 0 Å². The zero-order valence-corrected chi connectivity index (χ0v) is 12.1. The Hall–Kier alpha value is -2.27. The van der Waals surface area contributed by atoms with E-state index in [1.54, 1.807) is 0 Å². The van der Waals surface area contributed by atoms with Crippen molar-refractivity contribution in [3.63, 3.8) is 0 Å². The highest BCUT2D eigenvalue weighted by Gasteiger charge is 2.22. The molecule has 1 aromatic carbocycles. The lowest BCUT2D eigenvalue weighted by molar-refractivity contribution is 0.0592. The van der Waals surface area contributed by atoms with Crippen LogP contribution in [0.4, 0.5) is 0 Å². The van der Waals surface area contributed by atoms with Crippen LogP contribution >= 0.6 is 0 Å². The minimum atomic E-state index is -0.399. The van der Waals surface area contributed by atoms with Gasteiger partial charge in [-0.25, -0.2) is 14.8 Å². The van der Waals surface area contributed by atoms with Crippen LogP contribution in [0.5, 0.6) is 0 Å². The fraction of sp³-hybridized carbons (Fsp3) is 0.312. The van der Waals surface area contributed by atoms with Gasteiger partial charge in [-0.1, -0.05) is 29.8 Å². The molecule has 3 rings (SSSR count). The molecule has 2 heterocycles. The predicted molar refractivity (Wildman–Crippen MR) is 79.0 cm³/mol. The molecule has 0 spiro atoms. The summed E-state index contributed by atoms with van der Waals surface area (Å²) in [5, 5.41) is 3.27. The summed E-state index contributed by atoms with van der Waals surface area (Å²) in [6.07, 6.45) is 0.744. The maximum atomic E-state index is 12.0. The Morgan fingerprint density at radius 2 is 2.00 bits per heavy atom. The van der Waals surface area contributed by atoms with Gasteiger partial charge in [0.1, 0.15) is 0 Å². The molecule has 1 N–H and O–H groups in total. The van der Waals surface area contributed by atoms with Crippen molar-refractivity contribution in [2.45, 2.75) is 19.9 Å². The number of nitrogens with zero attached hydrogens (tertiary/aromatic N) is 2. The van der Waals surface area contributed by atoms with E-state index in [1.807, 2.05) is 31.2 Å². The van der Waals surface area contributed by atoms with E-state index < -0.39 is 5.97 Å². The lowest BCUT2D eigenvalue weighted by atomic mass is 10.0. The standard InChI is InChI=1S/C16H17N3O2/c1-10-3-5-11(6-4-10)15-18-13-9-17-8-7-12(13)14(19-15)16(20)21-2/h3-6,17H,7-9H2,1-2H3. The first kappa shape index (κ1) is 13.7. The number of esters is 1. The molecule has 0 unspecified atom stereocenters. The average molecular weight is 283 g/mol. The maximum absolute atomic E-state index is 12.0. The first-order valence-electron chi connectivity index (χ1n) is 6.95. The summed E-state index contributed by atoms with van der Waals surface area (Å²) in [5.41, 5.74) is 4.24. The zero-order chi connectivity index (χ0) is 14.8. The number of carbonyl (C=O) groups excluding carboxylic acids is 1. The number of carbonyl (C=O) groups is 1. The van der Waals surface area contributed by atoms with Crippen LogP contribution in [0.3, 0.4) is 0 Å². The van der Waals surface area contributed by atoms with Crippen LogP contribution in [-0.2, 0) is 17.7 Å². The molecule has 5 nitrogen and oxygen atoms in total. The van der Waals surface area contributed by atoms with Gasteiger partial charge in [0.2, 0.25) is 0 Å². The van der Waals surface area contributed by atoms with Crippen molar-refractivity contribution in [3.05, 3.63) is 46.8 Å². The molecule has 2 aromatic rings. The van der Waals surface area contributed by atoms with Gasteiger partial charge in [0.15, 0.2) is 11.5 Å². The lowest BCUT2D eigenvalue weighted by Crippen LogP contribution is -2.28. The number of aryl methyl sites for hydroxylation is 1. The molecule has 0 saturated heterocycles. The number of hydrogen-bond donors (Lipinski definition) is 1. The van der Waals surface area contributed by atoms with E-state index in [4.69, 9.17) is 4.74 Å². The van der Waals surface area contributed by atoms with Crippen molar-refractivity contribution in [3.8, 4) is 11.4 Å². The number of rotatable bonds is 2. The SMILES string of the molecule is COC(=O)c1nc(-c2ccc(C)cc2)nc2c1CCNC2. The molecule has 1 aliphatic heterocycles. The Morgan fingerprint density at radius 1 is 1.24 bits per heavy atom. The van der Waals surface area contributed by atoms with Gasteiger partial charge in [0.05, 0.1) is 12.8 Å². The van der Waals surface area contributed by atoms with Crippen molar-refractivity contribution < 1.29 is 9.53 Å². The molecule has 0 bridgehead atoms. The first-order valence-corrected chi connectivity index (χ1v) is 6.95. The number of nitrogens with one attached hydrogen (secondary N) is 1. The monoisotopic (exact) mass is 283 g/mol. The molecular weight excluding hydrogens is 266 g/mol. The molecule has 0 saturated carbocycles. The Balaban J connectivity index is 2.13. The summed E-state index contributed by atoms with van der Waals surface area (Å²) in [7, 11) is 1.38. The maximum Gasteiger partial charge on any atom is 0.357 e. The number of aromatic nitrogens is 2. The summed E-state index contributed by atoms with van der Waals surface area (Å²) < 4.78 is 4.86. The third-order valence-electron chi connectivity index (χ3n) is 3.63. The van der Waals surface area contributed by atoms with Crippen LogP contribution in [0, 0.1) is 6.92 Å². The normalized spacial score (nSPS) is 13.6. The summed E-state index contributed by atoms with van der Waals surface area (Å²) in [5.74, 6) is 0.168. The molecule has 108 valence electrons. The summed E-state index contributed by atoms with van der Waals surface area (Å²) in [6.45, 7) is 3.51. The van der Waals surface area contributed by atoms with Crippen LogP contribution in [0.1, 0.15) is 27.3 Å². The van der Waals surface area contributed by atoms with Crippen LogP contribution in [0.15, 0.2) is 24.3 Å². The van der Waals surface area contributed by atoms with Gasteiger partial charge < -0.3 is 10.1 Å². The summed E-state index contributed by atoms with van der Waals surface area (Å²) >= 11 is 0. The summed E-state index contributed by atoms with van der Waals surface area (Å²) in [6, 6.07) is 7.95. The van der Waals surface area contributed by atoms with Crippen LogP contribution < -0.4 is 5.32 Å². The number of methoxy groups -OCH3 is 1. The zero-order valence-electron chi connectivity index (χ0n) is 12.1. The number of ether oxygens (including phenoxy) is 1. The Morgan fingerprint density at radius 3 is 2.71 bits per heavy atom. The fourth-order valence-corrected chi connectivity index (χ4v) is 2.46. The van der Waals surface area contributed by atoms with Crippen molar-refractivity contribution >= 4 is 5.97 Å². The van der Waals surface area contributed by atoms with E-state index in [2.05, 4.69) is 15.3 Å². The minimum absolute atomic E-state index is 0.388. The number of fused-ring (bicyclic) bond motifs is 1. The Labute approximate surface area is 123 Å². The largest absolute Gasteiger partial charge is 0.464 e. The molecule has 0 amide bonds. The van der Waals surface area contributed by atoms with Crippen molar-refractivity contribution in [1.82, 2.24) is 15.3 Å². The Kier molecular flexibility index (Phi) is 3.66. The second kappa shape index (κ2) is 5.61. The van der Waals surface area contributed by atoms with Crippen LogP contribution in [0.2, 0.25) is 0 Å². The number of benzene rings is 1. The van der Waals surface area contributed by atoms with Crippen LogP contribution in [0.25, 0.3) is 11.4 Å². The quantitative estimate of drug-likeness (QED) is 0.853. The summed E-state index contributed by atoms with van der Waals surface area (Å²) in [4.78, 5) is 21.0. The Bertz CT molecular complexity index is 681. The second-order valence-electron chi connectivity index (χ2n) is 5.11. The highest BCUT2D eigenvalue weighted by atomic mass is 16.5. The van der Waals surface area contributed by atoms with E-state index in [0.717, 1.165) is 29.8 Å². The molecule has 0 aliphatic carbocycles. The second-order valence-corrected chi connectivity index (χ2v) is 5.11. The van der Waals surface area contributed by atoms with E-state index in [9.17, 15) is 4.79 Å². The fourth-order valence-electron chi connectivity index (χ4n) is 2.46. The van der Waals surface area contributed by atoms with E-state index in [0.29, 0.717) is 18.1 Å².